The zero-order valence-electron chi connectivity index (χ0n) is 15.6. The minimum absolute atomic E-state index is 0. The van der Waals surface area contributed by atoms with Crippen molar-refractivity contribution in [3.8, 4) is 0 Å². The monoisotopic (exact) mass is 384 g/mol. The van der Waals surface area contributed by atoms with Crippen molar-refractivity contribution in [1.29, 1.82) is 0 Å². The van der Waals surface area contributed by atoms with Gasteiger partial charge < -0.3 is 20.9 Å². The van der Waals surface area contributed by atoms with Gasteiger partial charge in [-0.3, -0.25) is 4.79 Å². The largest absolute Gasteiger partial charge is 0.339 e. The summed E-state index contributed by atoms with van der Waals surface area (Å²) in [6.07, 6.45) is 9.44. The Bertz CT molecular complexity index is 516. The van der Waals surface area contributed by atoms with Gasteiger partial charge in [0.1, 0.15) is 0 Å². The molecule has 26 heavy (non-hydrogen) atoms. The molecule has 0 spiro atoms. The molecular weight excluding hydrogens is 352 g/mol. The minimum atomic E-state index is 0. The second-order valence-corrected chi connectivity index (χ2v) is 8.53. The predicted molar refractivity (Wildman–Crippen MR) is 103 cm³/mol. The maximum Gasteiger partial charge on any atom is 0.317 e. The van der Waals surface area contributed by atoms with Gasteiger partial charge in [0.15, 0.2) is 0 Å². The highest BCUT2D eigenvalue weighted by molar-refractivity contribution is 5.85. The van der Waals surface area contributed by atoms with Crippen LogP contribution in [-0.2, 0) is 4.79 Å². The molecule has 4 unspecified atom stereocenters. The van der Waals surface area contributed by atoms with E-state index in [2.05, 4.69) is 5.32 Å². The molecule has 1 aliphatic heterocycles. The molecule has 0 aromatic carbocycles. The number of amides is 3. The van der Waals surface area contributed by atoms with Gasteiger partial charge in [0.25, 0.3) is 0 Å². The van der Waals surface area contributed by atoms with E-state index < -0.39 is 0 Å². The third-order valence-electron chi connectivity index (χ3n) is 7.08. The molecule has 148 valence electrons. The fourth-order valence-corrected chi connectivity index (χ4v) is 5.56. The van der Waals surface area contributed by atoms with Gasteiger partial charge in [-0.05, 0) is 43.9 Å². The third-order valence-corrected chi connectivity index (χ3v) is 7.08. The molecule has 0 aromatic heterocycles. The molecule has 3 N–H and O–H groups in total. The average Bonchev–Trinajstić information content (AvgIpc) is 3.23. The van der Waals surface area contributed by atoms with Crippen LogP contribution in [0.25, 0.3) is 0 Å². The zero-order chi connectivity index (χ0) is 17.4. The number of carbonyl (C=O) groups excluding carboxylic acids is 2. The molecule has 3 saturated carbocycles. The van der Waals surface area contributed by atoms with Crippen LogP contribution in [0.1, 0.15) is 51.4 Å². The van der Waals surface area contributed by atoms with Crippen LogP contribution < -0.4 is 11.1 Å². The van der Waals surface area contributed by atoms with Gasteiger partial charge in [-0.15, -0.1) is 12.4 Å². The molecule has 1 saturated heterocycles. The summed E-state index contributed by atoms with van der Waals surface area (Å²) < 4.78 is 0. The molecule has 4 aliphatic rings. The lowest BCUT2D eigenvalue weighted by Gasteiger charge is -2.39. The Hall–Kier alpha value is -1.01. The van der Waals surface area contributed by atoms with Gasteiger partial charge in [-0.2, -0.15) is 0 Å². The maximum atomic E-state index is 12.9. The van der Waals surface area contributed by atoms with Crippen LogP contribution in [0.2, 0.25) is 0 Å². The first-order valence-corrected chi connectivity index (χ1v) is 10.2. The number of halogens is 1. The van der Waals surface area contributed by atoms with Crippen LogP contribution in [0, 0.1) is 17.8 Å². The number of nitrogens with one attached hydrogen (secondary N) is 1. The van der Waals surface area contributed by atoms with E-state index >= 15 is 0 Å². The molecule has 4 fully saturated rings. The van der Waals surface area contributed by atoms with Gasteiger partial charge in [0.2, 0.25) is 5.91 Å². The van der Waals surface area contributed by atoms with Crippen molar-refractivity contribution in [2.24, 2.45) is 23.5 Å². The van der Waals surface area contributed by atoms with Gasteiger partial charge in [-0.25, -0.2) is 4.79 Å². The lowest BCUT2D eigenvalue weighted by atomic mass is 9.84. The van der Waals surface area contributed by atoms with Crippen molar-refractivity contribution in [3.05, 3.63) is 0 Å². The van der Waals surface area contributed by atoms with E-state index in [1.54, 1.807) is 0 Å². The van der Waals surface area contributed by atoms with E-state index in [9.17, 15) is 9.59 Å². The summed E-state index contributed by atoms with van der Waals surface area (Å²) >= 11 is 0. The van der Waals surface area contributed by atoms with Crippen molar-refractivity contribution in [3.63, 3.8) is 0 Å². The number of carbonyl (C=O) groups is 2. The lowest BCUT2D eigenvalue weighted by molar-refractivity contribution is -0.139. The summed E-state index contributed by atoms with van der Waals surface area (Å²) in [6.45, 7) is 2.58. The Labute approximate surface area is 162 Å². The van der Waals surface area contributed by atoms with Crippen LogP contribution >= 0.6 is 12.4 Å². The van der Waals surface area contributed by atoms with Crippen molar-refractivity contribution in [1.82, 2.24) is 15.1 Å². The topological polar surface area (TPSA) is 78.7 Å². The second kappa shape index (κ2) is 8.34. The average molecular weight is 385 g/mol. The SMILES string of the molecule is Cl.NC1C2CCC(C2)C1C(=O)N1CCN(C(=O)NC2CCCCC2)CC1. The fourth-order valence-electron chi connectivity index (χ4n) is 5.56. The molecule has 4 atom stereocenters. The van der Waals surface area contributed by atoms with Crippen LogP contribution in [0.4, 0.5) is 4.79 Å². The van der Waals surface area contributed by atoms with Crippen molar-refractivity contribution < 1.29 is 9.59 Å². The Morgan fingerprint density at radius 3 is 2.08 bits per heavy atom. The van der Waals surface area contributed by atoms with E-state index in [-0.39, 0.29) is 36.3 Å². The second-order valence-electron chi connectivity index (χ2n) is 8.53. The Morgan fingerprint density at radius 2 is 1.46 bits per heavy atom. The normalized spacial score (nSPS) is 34.5. The lowest BCUT2D eigenvalue weighted by Crippen LogP contribution is -2.57. The van der Waals surface area contributed by atoms with E-state index in [0.29, 0.717) is 44.1 Å². The smallest absolute Gasteiger partial charge is 0.317 e. The maximum absolute atomic E-state index is 12.9. The molecule has 4 rings (SSSR count). The summed E-state index contributed by atoms with van der Waals surface area (Å²) in [5.74, 6) is 1.33. The Morgan fingerprint density at radius 1 is 0.846 bits per heavy atom. The minimum Gasteiger partial charge on any atom is -0.339 e. The molecular formula is C19H33ClN4O2. The van der Waals surface area contributed by atoms with Crippen LogP contribution in [0.15, 0.2) is 0 Å². The first kappa shape index (κ1) is 19.7. The summed E-state index contributed by atoms with van der Waals surface area (Å²) in [7, 11) is 0. The van der Waals surface area contributed by atoms with E-state index in [1.165, 1.54) is 32.1 Å². The Balaban J connectivity index is 0.00000196. The van der Waals surface area contributed by atoms with Crippen LogP contribution in [0.3, 0.4) is 0 Å². The summed E-state index contributed by atoms with van der Waals surface area (Å²) in [6, 6.07) is 0.447. The fraction of sp³-hybridized carbons (Fsp3) is 0.895. The first-order valence-electron chi connectivity index (χ1n) is 10.2. The van der Waals surface area contributed by atoms with Crippen LogP contribution in [0.5, 0.6) is 0 Å². The van der Waals surface area contributed by atoms with Crippen LogP contribution in [-0.4, -0.2) is 60.0 Å². The summed E-state index contributed by atoms with van der Waals surface area (Å²) in [5.41, 5.74) is 6.33. The van der Waals surface area contributed by atoms with Gasteiger partial charge >= 0.3 is 6.03 Å². The number of hydrogen-bond acceptors (Lipinski definition) is 3. The van der Waals surface area contributed by atoms with Gasteiger partial charge in [0, 0.05) is 38.3 Å². The number of rotatable bonds is 2. The quantitative estimate of drug-likeness (QED) is 0.763. The van der Waals surface area contributed by atoms with Crippen molar-refractivity contribution in [2.45, 2.75) is 63.5 Å². The van der Waals surface area contributed by atoms with Gasteiger partial charge in [-0.1, -0.05) is 19.3 Å². The standard InChI is InChI=1S/C19H32N4O2.ClH/c20-17-14-7-6-13(12-14)16(17)18(24)22-8-10-23(11-9-22)19(25)21-15-4-2-1-3-5-15;/h13-17H,1-12,20H2,(H,21,25);1H. The highest BCUT2D eigenvalue weighted by Crippen LogP contribution is 2.48. The zero-order valence-corrected chi connectivity index (χ0v) is 16.4. The van der Waals surface area contributed by atoms with E-state index in [4.69, 9.17) is 5.73 Å². The van der Waals surface area contributed by atoms with Crippen molar-refractivity contribution in [2.75, 3.05) is 26.2 Å². The molecule has 0 radical (unpaired) electrons. The molecule has 3 amide bonds. The summed E-state index contributed by atoms with van der Waals surface area (Å²) in [4.78, 5) is 29.2. The molecule has 7 heteroatoms. The van der Waals surface area contributed by atoms with E-state index in [1.807, 2.05) is 9.80 Å². The number of nitrogens with two attached hydrogens (primary N) is 1. The molecule has 0 aromatic rings. The highest BCUT2D eigenvalue weighted by atomic mass is 35.5. The number of hydrogen-bond donors (Lipinski definition) is 2. The number of nitrogens with zero attached hydrogens (tertiary/aromatic N) is 2. The number of urea groups is 1. The van der Waals surface area contributed by atoms with E-state index in [0.717, 1.165) is 19.3 Å². The molecule has 2 bridgehead atoms. The van der Waals surface area contributed by atoms with Crippen molar-refractivity contribution >= 4 is 24.3 Å². The number of piperazine rings is 1. The highest BCUT2D eigenvalue weighted by Gasteiger charge is 2.50. The Kier molecular flexibility index (Phi) is 6.33. The molecule has 3 aliphatic carbocycles. The summed E-state index contributed by atoms with van der Waals surface area (Å²) in [5, 5.41) is 3.18. The number of fused-ring (bicyclic) bond motifs is 2. The third kappa shape index (κ3) is 3.81. The predicted octanol–water partition coefficient (Wildman–Crippen LogP) is 1.97. The van der Waals surface area contributed by atoms with Gasteiger partial charge in [0.05, 0.1) is 5.92 Å². The molecule has 1 heterocycles. The molecule has 6 nitrogen and oxygen atoms in total. The first-order chi connectivity index (χ1) is 12.1.